The Bertz CT molecular complexity index is 940. The average molecular weight is 447 g/mol. The number of benzene rings is 2. The fraction of sp³-hybridized carbons (Fsp3) is 0.391. The van der Waals surface area contributed by atoms with E-state index in [0.717, 1.165) is 37.1 Å². The molecule has 2 heterocycles. The molecule has 0 radical (unpaired) electrons. The van der Waals surface area contributed by atoms with Crippen LogP contribution < -0.4 is 10.2 Å². The molecule has 2 aromatic rings. The normalized spacial score (nSPS) is 18.5. The van der Waals surface area contributed by atoms with Crippen LogP contribution in [-0.2, 0) is 14.9 Å². The number of halogens is 2. The first kappa shape index (κ1) is 21.2. The average Bonchev–Trinajstić information content (AvgIpc) is 3.18. The van der Waals surface area contributed by atoms with Gasteiger partial charge < -0.3 is 15.0 Å². The third kappa shape index (κ3) is 4.34. The van der Waals surface area contributed by atoms with Crippen molar-refractivity contribution in [2.24, 2.45) is 0 Å². The number of carbonyl (C=O) groups is 2. The summed E-state index contributed by atoms with van der Waals surface area (Å²) in [6.07, 6.45) is 3.00. The molecule has 0 atom stereocenters. The molecular formula is C23H24Cl2N2O3. The lowest BCUT2D eigenvalue weighted by Gasteiger charge is -2.38. The number of nitrogens with zero attached hydrogens (tertiary/aromatic N) is 1. The molecule has 2 amide bonds. The van der Waals surface area contributed by atoms with Crippen molar-refractivity contribution >= 4 is 40.7 Å². The van der Waals surface area contributed by atoms with E-state index < -0.39 is 0 Å². The summed E-state index contributed by atoms with van der Waals surface area (Å²) in [7, 11) is 0. The van der Waals surface area contributed by atoms with Crippen LogP contribution in [-0.4, -0.2) is 38.1 Å². The van der Waals surface area contributed by atoms with Gasteiger partial charge >= 0.3 is 0 Å². The van der Waals surface area contributed by atoms with Crippen molar-refractivity contribution in [3.8, 4) is 0 Å². The highest BCUT2D eigenvalue weighted by atomic mass is 35.5. The van der Waals surface area contributed by atoms with Crippen LogP contribution in [0.4, 0.5) is 5.69 Å². The van der Waals surface area contributed by atoms with Crippen LogP contribution in [0, 0.1) is 0 Å². The predicted molar refractivity (Wildman–Crippen MR) is 119 cm³/mol. The van der Waals surface area contributed by atoms with Gasteiger partial charge in [-0.1, -0.05) is 29.3 Å². The molecular weight excluding hydrogens is 423 g/mol. The van der Waals surface area contributed by atoms with Crippen LogP contribution in [0.1, 0.15) is 41.6 Å². The number of rotatable bonds is 5. The molecule has 2 aliphatic rings. The molecule has 0 aromatic heterocycles. The summed E-state index contributed by atoms with van der Waals surface area (Å²) >= 11 is 12.6. The Morgan fingerprint density at radius 2 is 1.83 bits per heavy atom. The van der Waals surface area contributed by atoms with Crippen LogP contribution in [0.3, 0.4) is 0 Å². The summed E-state index contributed by atoms with van der Waals surface area (Å²) in [6.45, 7) is 2.43. The molecule has 0 aliphatic carbocycles. The fourth-order valence-corrected chi connectivity index (χ4v) is 4.90. The standard InChI is InChI=1S/C23H24Cl2N2O3/c24-17-5-8-19(20(25)14-17)23(9-12-30-13-10-23)15-26-22(29)16-3-6-18(7-4-16)27-11-1-2-21(27)28/h3-8,14H,1-2,9-13,15H2,(H,26,29). The minimum absolute atomic E-state index is 0.133. The molecule has 0 bridgehead atoms. The number of amides is 2. The van der Waals surface area contributed by atoms with E-state index in [1.165, 1.54) is 0 Å². The van der Waals surface area contributed by atoms with Gasteiger partial charge in [0.15, 0.2) is 0 Å². The summed E-state index contributed by atoms with van der Waals surface area (Å²) in [5.74, 6) is -0.0150. The van der Waals surface area contributed by atoms with E-state index in [4.69, 9.17) is 27.9 Å². The van der Waals surface area contributed by atoms with Crippen LogP contribution >= 0.6 is 23.2 Å². The van der Waals surface area contributed by atoms with Gasteiger partial charge in [-0.15, -0.1) is 0 Å². The third-order valence-electron chi connectivity index (χ3n) is 6.05. The maximum atomic E-state index is 12.8. The van der Waals surface area contributed by atoms with Gasteiger partial charge in [-0.2, -0.15) is 0 Å². The molecule has 2 aromatic carbocycles. The maximum absolute atomic E-state index is 12.8. The monoisotopic (exact) mass is 446 g/mol. The van der Waals surface area contributed by atoms with Gasteiger partial charge in [-0.3, -0.25) is 9.59 Å². The first-order chi connectivity index (χ1) is 14.5. The summed E-state index contributed by atoms with van der Waals surface area (Å²) in [4.78, 5) is 26.5. The van der Waals surface area contributed by atoms with Crippen LogP contribution in [0.5, 0.6) is 0 Å². The van der Waals surface area contributed by atoms with E-state index in [0.29, 0.717) is 41.8 Å². The van der Waals surface area contributed by atoms with Crippen LogP contribution in [0.15, 0.2) is 42.5 Å². The zero-order valence-electron chi connectivity index (χ0n) is 16.6. The van der Waals surface area contributed by atoms with Crippen LogP contribution in [0.25, 0.3) is 0 Å². The van der Waals surface area contributed by atoms with Crippen molar-refractivity contribution in [1.82, 2.24) is 5.32 Å². The van der Waals surface area contributed by atoms with E-state index in [9.17, 15) is 9.59 Å². The Hall–Kier alpha value is -2.08. The highest BCUT2D eigenvalue weighted by Crippen LogP contribution is 2.39. The van der Waals surface area contributed by atoms with Gasteiger partial charge in [0.2, 0.25) is 5.91 Å². The molecule has 0 saturated carbocycles. The highest BCUT2D eigenvalue weighted by molar-refractivity contribution is 6.35. The van der Waals surface area contributed by atoms with E-state index >= 15 is 0 Å². The smallest absolute Gasteiger partial charge is 0.251 e. The van der Waals surface area contributed by atoms with E-state index in [1.807, 2.05) is 24.3 Å². The minimum atomic E-state index is -0.294. The second kappa shape index (κ2) is 8.96. The molecule has 158 valence electrons. The minimum Gasteiger partial charge on any atom is -0.381 e. The largest absolute Gasteiger partial charge is 0.381 e. The number of hydrogen-bond acceptors (Lipinski definition) is 3. The Morgan fingerprint density at radius 1 is 1.10 bits per heavy atom. The molecule has 2 saturated heterocycles. The second-order valence-electron chi connectivity index (χ2n) is 7.90. The number of nitrogens with one attached hydrogen (secondary N) is 1. The quantitative estimate of drug-likeness (QED) is 0.729. The Labute approximate surface area is 186 Å². The lowest BCUT2D eigenvalue weighted by atomic mass is 9.74. The molecule has 2 fully saturated rings. The molecule has 1 N–H and O–H groups in total. The van der Waals surface area contributed by atoms with Gasteiger partial charge in [0.1, 0.15) is 0 Å². The van der Waals surface area contributed by atoms with E-state index in [-0.39, 0.29) is 17.2 Å². The highest BCUT2D eigenvalue weighted by Gasteiger charge is 2.36. The molecule has 0 unspecified atom stereocenters. The Kier molecular flexibility index (Phi) is 6.32. The third-order valence-corrected chi connectivity index (χ3v) is 6.60. The lowest BCUT2D eigenvalue weighted by Crippen LogP contribution is -2.44. The summed E-state index contributed by atoms with van der Waals surface area (Å²) in [5.41, 5.74) is 2.09. The Morgan fingerprint density at radius 3 is 2.47 bits per heavy atom. The molecule has 0 spiro atoms. The zero-order valence-corrected chi connectivity index (χ0v) is 18.1. The van der Waals surface area contributed by atoms with Crippen molar-refractivity contribution in [2.75, 3.05) is 31.2 Å². The first-order valence-electron chi connectivity index (χ1n) is 10.2. The van der Waals surface area contributed by atoms with Crippen molar-refractivity contribution in [3.63, 3.8) is 0 Å². The molecule has 30 heavy (non-hydrogen) atoms. The summed E-state index contributed by atoms with van der Waals surface area (Å²) in [6, 6.07) is 12.7. The molecule has 7 heteroatoms. The molecule has 5 nitrogen and oxygen atoms in total. The van der Waals surface area contributed by atoms with Gasteiger partial charge in [0, 0.05) is 59.4 Å². The van der Waals surface area contributed by atoms with Gasteiger partial charge in [0.05, 0.1) is 0 Å². The topological polar surface area (TPSA) is 58.6 Å². The Balaban J connectivity index is 1.48. The van der Waals surface area contributed by atoms with Gasteiger partial charge in [-0.05, 0) is 61.2 Å². The number of hydrogen-bond donors (Lipinski definition) is 1. The lowest BCUT2D eigenvalue weighted by molar-refractivity contribution is -0.117. The van der Waals surface area contributed by atoms with Gasteiger partial charge in [-0.25, -0.2) is 0 Å². The summed E-state index contributed by atoms with van der Waals surface area (Å²) in [5, 5.41) is 4.28. The number of anilines is 1. The van der Waals surface area contributed by atoms with Crippen molar-refractivity contribution in [1.29, 1.82) is 0 Å². The number of ether oxygens (including phenoxy) is 1. The fourth-order valence-electron chi connectivity index (χ4n) is 4.29. The SMILES string of the molecule is O=C(NCC1(c2ccc(Cl)cc2Cl)CCOCC1)c1ccc(N2CCCC2=O)cc1. The van der Waals surface area contributed by atoms with Crippen molar-refractivity contribution < 1.29 is 14.3 Å². The van der Waals surface area contributed by atoms with Gasteiger partial charge in [0.25, 0.3) is 5.91 Å². The second-order valence-corrected chi connectivity index (χ2v) is 8.74. The first-order valence-corrected chi connectivity index (χ1v) is 11.0. The van der Waals surface area contributed by atoms with Crippen molar-refractivity contribution in [2.45, 2.75) is 31.1 Å². The summed E-state index contributed by atoms with van der Waals surface area (Å²) < 4.78 is 5.56. The predicted octanol–water partition coefficient (Wildman–Crippen LogP) is 4.60. The zero-order chi connectivity index (χ0) is 21.1. The number of carbonyl (C=O) groups excluding carboxylic acids is 2. The van der Waals surface area contributed by atoms with Crippen molar-refractivity contribution in [3.05, 3.63) is 63.6 Å². The van der Waals surface area contributed by atoms with Crippen LogP contribution in [0.2, 0.25) is 10.0 Å². The molecule has 2 aliphatic heterocycles. The van der Waals surface area contributed by atoms with E-state index in [2.05, 4.69) is 5.32 Å². The maximum Gasteiger partial charge on any atom is 0.251 e. The van der Waals surface area contributed by atoms with E-state index in [1.54, 1.807) is 23.1 Å². The molecule has 4 rings (SSSR count).